The Morgan fingerprint density at radius 2 is 2.27 bits per heavy atom. The van der Waals surface area contributed by atoms with E-state index in [9.17, 15) is 4.79 Å². The highest BCUT2D eigenvalue weighted by atomic mass is 16.4. The zero-order chi connectivity index (χ0) is 10.9. The molecular weight excluding hydrogens is 190 g/mol. The quantitative estimate of drug-likeness (QED) is 0.757. The van der Waals surface area contributed by atoms with Gasteiger partial charge in [-0.05, 0) is 44.1 Å². The van der Waals surface area contributed by atoms with Crippen LogP contribution in [0.3, 0.4) is 0 Å². The molecule has 1 atom stereocenters. The van der Waals surface area contributed by atoms with Crippen LogP contribution < -0.4 is 0 Å². The SMILES string of the molecule is CCC1CCCN1CC1(CC(=O)O)CC1. The number of aliphatic carboxylic acids is 1. The van der Waals surface area contributed by atoms with Gasteiger partial charge in [0.05, 0.1) is 6.42 Å². The summed E-state index contributed by atoms with van der Waals surface area (Å²) in [4.78, 5) is 13.3. The zero-order valence-corrected chi connectivity index (χ0v) is 9.54. The van der Waals surface area contributed by atoms with Crippen LogP contribution >= 0.6 is 0 Å². The largest absolute Gasteiger partial charge is 0.481 e. The molecule has 15 heavy (non-hydrogen) atoms. The fourth-order valence-electron chi connectivity index (χ4n) is 2.88. The lowest BCUT2D eigenvalue weighted by atomic mass is 10.0. The number of likely N-dealkylation sites (tertiary alicyclic amines) is 1. The normalized spacial score (nSPS) is 29.3. The molecule has 0 radical (unpaired) electrons. The Kier molecular flexibility index (Phi) is 3.01. The van der Waals surface area contributed by atoms with E-state index in [-0.39, 0.29) is 5.41 Å². The second kappa shape index (κ2) is 4.12. The first-order valence-corrected chi connectivity index (χ1v) is 6.11. The minimum Gasteiger partial charge on any atom is -0.481 e. The van der Waals surface area contributed by atoms with Crippen molar-refractivity contribution in [2.75, 3.05) is 13.1 Å². The van der Waals surface area contributed by atoms with Gasteiger partial charge in [-0.15, -0.1) is 0 Å². The average molecular weight is 211 g/mol. The Bertz CT molecular complexity index is 248. The van der Waals surface area contributed by atoms with Gasteiger partial charge in [0.15, 0.2) is 0 Å². The Morgan fingerprint density at radius 1 is 1.53 bits per heavy atom. The van der Waals surface area contributed by atoms with Gasteiger partial charge in [0.2, 0.25) is 0 Å². The van der Waals surface area contributed by atoms with E-state index < -0.39 is 5.97 Å². The summed E-state index contributed by atoms with van der Waals surface area (Å²) < 4.78 is 0. The molecule has 0 aromatic rings. The van der Waals surface area contributed by atoms with Gasteiger partial charge in [0, 0.05) is 12.6 Å². The van der Waals surface area contributed by atoms with Crippen LogP contribution in [0, 0.1) is 5.41 Å². The summed E-state index contributed by atoms with van der Waals surface area (Å²) in [6, 6.07) is 0.719. The van der Waals surface area contributed by atoms with Crippen molar-refractivity contribution < 1.29 is 9.90 Å². The van der Waals surface area contributed by atoms with Crippen LogP contribution in [0.5, 0.6) is 0 Å². The summed E-state index contributed by atoms with van der Waals surface area (Å²) in [5.41, 5.74) is 0.142. The van der Waals surface area contributed by atoms with Crippen molar-refractivity contribution in [3.05, 3.63) is 0 Å². The van der Waals surface area contributed by atoms with E-state index in [1.54, 1.807) is 0 Å². The summed E-state index contributed by atoms with van der Waals surface area (Å²) in [5.74, 6) is -0.625. The third-order valence-electron chi connectivity index (χ3n) is 3.99. The van der Waals surface area contributed by atoms with Crippen LogP contribution in [0.4, 0.5) is 0 Å². The molecule has 2 fully saturated rings. The van der Waals surface area contributed by atoms with Gasteiger partial charge >= 0.3 is 5.97 Å². The van der Waals surface area contributed by atoms with E-state index in [0.29, 0.717) is 6.42 Å². The molecule has 0 spiro atoms. The molecule has 1 unspecified atom stereocenters. The summed E-state index contributed by atoms with van der Waals surface area (Å²) in [6.45, 7) is 4.44. The predicted molar refractivity (Wildman–Crippen MR) is 58.8 cm³/mol. The molecule has 2 rings (SSSR count). The highest BCUT2D eigenvalue weighted by Crippen LogP contribution is 2.50. The molecule has 0 amide bonds. The lowest BCUT2D eigenvalue weighted by Gasteiger charge is -2.27. The van der Waals surface area contributed by atoms with E-state index in [1.807, 2.05) is 0 Å². The molecule has 3 heteroatoms. The van der Waals surface area contributed by atoms with Gasteiger partial charge in [0.25, 0.3) is 0 Å². The van der Waals surface area contributed by atoms with Crippen molar-refractivity contribution in [3.63, 3.8) is 0 Å². The summed E-state index contributed by atoms with van der Waals surface area (Å²) in [6.07, 6.45) is 6.42. The third-order valence-corrected chi connectivity index (χ3v) is 3.99. The molecule has 0 aromatic carbocycles. The molecular formula is C12H21NO2. The highest BCUT2D eigenvalue weighted by Gasteiger charge is 2.46. The standard InChI is InChI=1S/C12H21NO2/c1-2-10-4-3-7-13(10)9-12(5-6-12)8-11(14)15/h10H,2-9H2,1H3,(H,14,15). The number of rotatable bonds is 5. The second-order valence-corrected chi connectivity index (χ2v) is 5.25. The van der Waals surface area contributed by atoms with E-state index in [1.165, 1.54) is 25.8 Å². The number of hydrogen-bond donors (Lipinski definition) is 1. The maximum absolute atomic E-state index is 10.8. The molecule has 1 N–H and O–H groups in total. The minimum atomic E-state index is -0.625. The molecule has 1 saturated carbocycles. The van der Waals surface area contributed by atoms with Crippen molar-refractivity contribution in [2.24, 2.45) is 5.41 Å². The van der Waals surface area contributed by atoms with Crippen LogP contribution in [0.2, 0.25) is 0 Å². The minimum absolute atomic E-state index is 0.142. The Morgan fingerprint density at radius 3 is 2.80 bits per heavy atom. The first-order chi connectivity index (χ1) is 7.15. The molecule has 1 saturated heterocycles. The number of carboxylic acids is 1. The fraction of sp³-hybridized carbons (Fsp3) is 0.917. The number of carboxylic acid groups (broad SMARTS) is 1. The highest BCUT2D eigenvalue weighted by molar-refractivity contribution is 5.68. The van der Waals surface area contributed by atoms with Crippen molar-refractivity contribution in [3.8, 4) is 0 Å². The van der Waals surface area contributed by atoms with Crippen molar-refractivity contribution in [1.82, 2.24) is 4.90 Å². The molecule has 0 bridgehead atoms. The average Bonchev–Trinajstić information content (AvgIpc) is 2.77. The van der Waals surface area contributed by atoms with Crippen LogP contribution in [-0.4, -0.2) is 35.1 Å². The summed E-state index contributed by atoms with van der Waals surface area (Å²) in [5, 5.41) is 8.87. The van der Waals surface area contributed by atoms with Crippen LogP contribution in [0.25, 0.3) is 0 Å². The molecule has 2 aliphatic rings. The maximum atomic E-state index is 10.8. The van der Waals surface area contributed by atoms with Crippen LogP contribution in [0.15, 0.2) is 0 Å². The fourth-order valence-corrected chi connectivity index (χ4v) is 2.88. The topological polar surface area (TPSA) is 40.5 Å². The number of carbonyl (C=O) groups is 1. The third kappa shape index (κ3) is 2.51. The zero-order valence-electron chi connectivity index (χ0n) is 9.54. The van der Waals surface area contributed by atoms with Gasteiger partial charge in [0.1, 0.15) is 0 Å². The number of nitrogens with zero attached hydrogens (tertiary/aromatic N) is 1. The summed E-state index contributed by atoms with van der Waals surface area (Å²) >= 11 is 0. The van der Waals surface area contributed by atoms with E-state index >= 15 is 0 Å². The summed E-state index contributed by atoms with van der Waals surface area (Å²) in [7, 11) is 0. The maximum Gasteiger partial charge on any atom is 0.303 e. The van der Waals surface area contributed by atoms with Gasteiger partial charge in [-0.3, -0.25) is 9.69 Å². The predicted octanol–water partition coefficient (Wildman–Crippen LogP) is 2.12. The molecule has 1 heterocycles. The molecule has 0 aromatic heterocycles. The first-order valence-electron chi connectivity index (χ1n) is 6.11. The Hall–Kier alpha value is -0.570. The second-order valence-electron chi connectivity index (χ2n) is 5.25. The molecule has 1 aliphatic carbocycles. The van der Waals surface area contributed by atoms with Gasteiger partial charge in [-0.2, -0.15) is 0 Å². The van der Waals surface area contributed by atoms with Crippen molar-refractivity contribution in [2.45, 2.75) is 51.5 Å². The lowest BCUT2D eigenvalue weighted by molar-refractivity contribution is -0.138. The Labute approximate surface area is 91.5 Å². The van der Waals surface area contributed by atoms with E-state index in [4.69, 9.17) is 5.11 Å². The van der Waals surface area contributed by atoms with Crippen molar-refractivity contribution >= 4 is 5.97 Å². The monoisotopic (exact) mass is 211 g/mol. The molecule has 86 valence electrons. The van der Waals surface area contributed by atoms with E-state index in [2.05, 4.69) is 11.8 Å². The smallest absolute Gasteiger partial charge is 0.303 e. The van der Waals surface area contributed by atoms with Crippen LogP contribution in [0.1, 0.15) is 45.4 Å². The first kappa shape index (κ1) is 10.9. The Balaban J connectivity index is 1.88. The molecule has 3 nitrogen and oxygen atoms in total. The number of hydrogen-bond acceptors (Lipinski definition) is 2. The van der Waals surface area contributed by atoms with Gasteiger partial charge < -0.3 is 5.11 Å². The van der Waals surface area contributed by atoms with Crippen LogP contribution in [-0.2, 0) is 4.79 Å². The van der Waals surface area contributed by atoms with E-state index in [0.717, 1.165) is 25.4 Å². The lowest BCUT2D eigenvalue weighted by Crippen LogP contribution is -2.35. The van der Waals surface area contributed by atoms with Gasteiger partial charge in [-0.25, -0.2) is 0 Å². The molecule has 1 aliphatic heterocycles. The van der Waals surface area contributed by atoms with Crippen molar-refractivity contribution in [1.29, 1.82) is 0 Å². The van der Waals surface area contributed by atoms with Gasteiger partial charge in [-0.1, -0.05) is 6.92 Å².